The third-order valence-corrected chi connectivity index (χ3v) is 3.40. The lowest BCUT2D eigenvalue weighted by Gasteiger charge is -2.44. The molecule has 1 fully saturated rings. The van der Waals surface area contributed by atoms with Gasteiger partial charge in [-0.1, -0.05) is 0 Å². The number of aliphatic hydroxyl groups excluding tert-OH is 1. The summed E-state index contributed by atoms with van der Waals surface area (Å²) in [5.74, 6) is -0.543. The lowest BCUT2D eigenvalue weighted by Crippen LogP contribution is -2.63. The summed E-state index contributed by atoms with van der Waals surface area (Å²) < 4.78 is 31.7. The van der Waals surface area contributed by atoms with Crippen molar-refractivity contribution in [1.82, 2.24) is 0 Å². The van der Waals surface area contributed by atoms with Crippen molar-refractivity contribution >= 4 is 5.97 Å². The van der Waals surface area contributed by atoms with Crippen molar-refractivity contribution in [3.8, 4) is 0 Å². The lowest BCUT2D eigenvalue weighted by molar-refractivity contribution is -0.310. The van der Waals surface area contributed by atoms with Gasteiger partial charge in [0.05, 0.1) is 6.61 Å². The first-order valence-corrected chi connectivity index (χ1v) is 6.58. The third-order valence-electron chi connectivity index (χ3n) is 3.40. The van der Waals surface area contributed by atoms with Gasteiger partial charge in [-0.3, -0.25) is 4.79 Å². The van der Waals surface area contributed by atoms with Crippen molar-refractivity contribution < 1.29 is 38.3 Å². The quantitative estimate of drug-likeness (QED) is 0.619. The molecule has 0 spiro atoms. The average molecular weight is 308 g/mol. The number of methoxy groups -OCH3 is 4. The molecule has 0 amide bonds. The second-order valence-corrected chi connectivity index (χ2v) is 4.70. The van der Waals surface area contributed by atoms with Crippen LogP contribution in [0.15, 0.2) is 0 Å². The second-order valence-electron chi connectivity index (χ2n) is 4.70. The van der Waals surface area contributed by atoms with Gasteiger partial charge in [0, 0.05) is 35.4 Å². The Labute approximate surface area is 124 Å². The highest BCUT2D eigenvalue weighted by atomic mass is 16.7. The van der Waals surface area contributed by atoms with Crippen LogP contribution in [0.5, 0.6) is 0 Å². The van der Waals surface area contributed by atoms with E-state index < -0.39 is 42.8 Å². The van der Waals surface area contributed by atoms with Crippen LogP contribution in [0, 0.1) is 0 Å². The van der Waals surface area contributed by atoms with Crippen LogP contribution in [0.3, 0.4) is 0 Å². The molecular weight excluding hydrogens is 284 g/mol. The number of aliphatic hydroxyl groups is 1. The second kappa shape index (κ2) is 8.62. The Morgan fingerprint density at radius 2 is 1.76 bits per heavy atom. The Bertz CT molecular complexity index is 323. The van der Waals surface area contributed by atoms with Crippen LogP contribution in [-0.4, -0.2) is 82.9 Å². The minimum absolute atomic E-state index is 0.252. The van der Waals surface area contributed by atoms with Gasteiger partial charge in [-0.2, -0.15) is 0 Å². The van der Waals surface area contributed by atoms with E-state index in [9.17, 15) is 9.90 Å². The van der Waals surface area contributed by atoms with Crippen LogP contribution in [0.25, 0.3) is 0 Å². The molecule has 1 aliphatic rings. The minimum Gasteiger partial charge on any atom is -0.454 e. The van der Waals surface area contributed by atoms with Gasteiger partial charge >= 0.3 is 5.97 Å². The zero-order valence-electron chi connectivity index (χ0n) is 13.0. The molecular formula is C13H24O8. The molecule has 6 unspecified atom stereocenters. The molecule has 6 atom stereocenters. The number of hydrogen-bond donors (Lipinski definition) is 1. The first kappa shape index (κ1) is 18.3. The summed E-state index contributed by atoms with van der Waals surface area (Å²) in [5, 5.41) is 10.1. The van der Waals surface area contributed by atoms with Crippen molar-refractivity contribution in [2.75, 3.05) is 35.0 Å². The van der Waals surface area contributed by atoms with Crippen molar-refractivity contribution in [2.24, 2.45) is 0 Å². The van der Waals surface area contributed by atoms with Gasteiger partial charge in [0.1, 0.15) is 24.4 Å². The van der Waals surface area contributed by atoms with E-state index in [0.29, 0.717) is 0 Å². The molecule has 1 saturated heterocycles. The Morgan fingerprint density at radius 3 is 2.19 bits per heavy atom. The van der Waals surface area contributed by atoms with Gasteiger partial charge < -0.3 is 33.5 Å². The average Bonchev–Trinajstić information content (AvgIpc) is 2.45. The van der Waals surface area contributed by atoms with Crippen molar-refractivity contribution in [3.63, 3.8) is 0 Å². The molecule has 0 aliphatic carbocycles. The van der Waals surface area contributed by atoms with Crippen molar-refractivity contribution in [2.45, 2.75) is 43.7 Å². The predicted octanol–water partition coefficient (Wildman–Crippen LogP) is -0.673. The number of ether oxygens (including phenoxy) is 6. The highest BCUT2D eigenvalue weighted by Gasteiger charge is 2.50. The van der Waals surface area contributed by atoms with E-state index >= 15 is 0 Å². The van der Waals surface area contributed by atoms with Crippen LogP contribution < -0.4 is 0 Å². The monoisotopic (exact) mass is 308 g/mol. The number of hydrogen-bond acceptors (Lipinski definition) is 8. The van der Waals surface area contributed by atoms with Crippen molar-refractivity contribution in [3.05, 3.63) is 0 Å². The summed E-state index contributed by atoms with van der Waals surface area (Å²) in [7, 11) is 5.96. The Hall–Kier alpha value is -0.770. The Morgan fingerprint density at radius 1 is 1.14 bits per heavy atom. The maximum atomic E-state index is 11.2. The summed E-state index contributed by atoms with van der Waals surface area (Å²) in [4.78, 5) is 11.2. The molecule has 0 aromatic carbocycles. The molecule has 21 heavy (non-hydrogen) atoms. The Balaban J connectivity index is 2.97. The molecule has 124 valence electrons. The standard InChI is InChI=1S/C13H24O8/c1-7(14)20-12-11(19-5)10(18-4)9(21-13(12)15)8(17-3)6-16-2/h8-13,15H,6H2,1-5H3. The fourth-order valence-electron chi connectivity index (χ4n) is 2.47. The van der Waals surface area contributed by atoms with E-state index in [2.05, 4.69) is 0 Å². The number of rotatable bonds is 7. The summed E-state index contributed by atoms with van der Waals surface area (Å²) in [5.41, 5.74) is 0. The van der Waals surface area contributed by atoms with Gasteiger partial charge in [-0.05, 0) is 0 Å². The lowest BCUT2D eigenvalue weighted by atomic mass is 9.95. The van der Waals surface area contributed by atoms with Crippen molar-refractivity contribution in [1.29, 1.82) is 0 Å². The number of carbonyl (C=O) groups excluding carboxylic acids is 1. The molecule has 8 heteroatoms. The van der Waals surface area contributed by atoms with Crippen LogP contribution in [0.2, 0.25) is 0 Å². The summed E-state index contributed by atoms with van der Waals surface area (Å²) in [6.07, 6.45) is -4.71. The van der Waals surface area contributed by atoms with E-state index in [-0.39, 0.29) is 6.61 Å². The first-order valence-electron chi connectivity index (χ1n) is 6.58. The molecule has 1 N–H and O–H groups in total. The maximum absolute atomic E-state index is 11.2. The smallest absolute Gasteiger partial charge is 0.303 e. The molecule has 0 aromatic heterocycles. The van der Waals surface area contributed by atoms with Gasteiger partial charge in [0.15, 0.2) is 12.4 Å². The zero-order chi connectivity index (χ0) is 16.0. The molecule has 1 aliphatic heterocycles. The Kier molecular flexibility index (Phi) is 7.50. The van der Waals surface area contributed by atoms with Crippen LogP contribution in [0.4, 0.5) is 0 Å². The summed E-state index contributed by atoms with van der Waals surface area (Å²) in [6, 6.07) is 0. The number of esters is 1. The molecule has 0 radical (unpaired) electrons. The normalized spacial score (nSPS) is 34.5. The summed E-state index contributed by atoms with van der Waals surface area (Å²) in [6.45, 7) is 1.50. The number of carbonyl (C=O) groups is 1. The maximum Gasteiger partial charge on any atom is 0.303 e. The van der Waals surface area contributed by atoms with Crippen LogP contribution >= 0.6 is 0 Å². The van der Waals surface area contributed by atoms with Gasteiger partial charge in [0.25, 0.3) is 0 Å². The van der Waals surface area contributed by atoms with Gasteiger partial charge in [-0.15, -0.1) is 0 Å². The molecule has 8 nitrogen and oxygen atoms in total. The van der Waals surface area contributed by atoms with E-state index in [0.717, 1.165) is 0 Å². The highest BCUT2D eigenvalue weighted by molar-refractivity contribution is 5.66. The van der Waals surface area contributed by atoms with Gasteiger partial charge in [-0.25, -0.2) is 0 Å². The predicted molar refractivity (Wildman–Crippen MR) is 70.7 cm³/mol. The van der Waals surface area contributed by atoms with E-state index in [1.54, 1.807) is 0 Å². The van der Waals surface area contributed by atoms with Crippen LogP contribution in [-0.2, 0) is 33.2 Å². The van der Waals surface area contributed by atoms with Gasteiger partial charge in [0.2, 0.25) is 0 Å². The summed E-state index contributed by atoms with van der Waals surface area (Å²) >= 11 is 0. The van der Waals surface area contributed by atoms with E-state index in [4.69, 9.17) is 28.4 Å². The largest absolute Gasteiger partial charge is 0.454 e. The topological polar surface area (TPSA) is 92.7 Å². The SMILES string of the molecule is COCC(OC)C1OC(O)C(OC(C)=O)C(OC)C1OC. The zero-order valence-corrected chi connectivity index (χ0v) is 13.0. The molecule has 0 aromatic rings. The molecule has 0 bridgehead atoms. The van der Waals surface area contributed by atoms with E-state index in [1.807, 2.05) is 0 Å². The molecule has 1 heterocycles. The fourth-order valence-corrected chi connectivity index (χ4v) is 2.47. The molecule has 0 saturated carbocycles. The van der Waals surface area contributed by atoms with E-state index in [1.165, 1.54) is 35.4 Å². The highest BCUT2D eigenvalue weighted by Crippen LogP contribution is 2.29. The van der Waals surface area contributed by atoms with Crippen LogP contribution in [0.1, 0.15) is 6.92 Å². The fraction of sp³-hybridized carbons (Fsp3) is 0.923. The first-order chi connectivity index (χ1) is 9.99. The minimum atomic E-state index is -1.34. The third kappa shape index (κ3) is 4.35. The molecule has 1 rings (SSSR count).